The van der Waals surface area contributed by atoms with E-state index in [0.717, 1.165) is 25.6 Å². The summed E-state index contributed by atoms with van der Waals surface area (Å²) >= 11 is 0. The summed E-state index contributed by atoms with van der Waals surface area (Å²) in [7, 11) is 1.72. The van der Waals surface area contributed by atoms with Crippen molar-refractivity contribution < 1.29 is 4.79 Å². The number of nitrogens with one attached hydrogen (secondary N) is 2. The SMILES string of the molecule is CNC(=O)C(C)N(CC1CC1)CC1CCCN1. The van der Waals surface area contributed by atoms with E-state index in [1.807, 2.05) is 6.92 Å². The van der Waals surface area contributed by atoms with E-state index in [-0.39, 0.29) is 11.9 Å². The third kappa shape index (κ3) is 3.68. The van der Waals surface area contributed by atoms with Crippen LogP contribution in [0.2, 0.25) is 0 Å². The molecule has 0 radical (unpaired) electrons. The lowest BCUT2D eigenvalue weighted by Gasteiger charge is -2.30. The van der Waals surface area contributed by atoms with Gasteiger partial charge in [-0.25, -0.2) is 0 Å². The zero-order valence-corrected chi connectivity index (χ0v) is 11.0. The molecule has 1 heterocycles. The van der Waals surface area contributed by atoms with Crippen molar-refractivity contribution >= 4 is 5.91 Å². The van der Waals surface area contributed by atoms with Gasteiger partial charge in [-0.15, -0.1) is 0 Å². The van der Waals surface area contributed by atoms with Gasteiger partial charge in [0.05, 0.1) is 6.04 Å². The van der Waals surface area contributed by atoms with Crippen LogP contribution >= 0.6 is 0 Å². The summed E-state index contributed by atoms with van der Waals surface area (Å²) in [5.74, 6) is 0.979. The molecule has 98 valence electrons. The van der Waals surface area contributed by atoms with Gasteiger partial charge in [0.15, 0.2) is 0 Å². The lowest BCUT2D eigenvalue weighted by atomic mass is 10.1. The molecule has 4 nitrogen and oxygen atoms in total. The molecule has 2 rings (SSSR count). The second-order valence-electron chi connectivity index (χ2n) is 5.48. The van der Waals surface area contributed by atoms with Crippen molar-refractivity contribution in [3.63, 3.8) is 0 Å². The molecule has 1 amide bonds. The van der Waals surface area contributed by atoms with Gasteiger partial charge in [-0.2, -0.15) is 0 Å². The highest BCUT2D eigenvalue weighted by molar-refractivity contribution is 5.80. The minimum atomic E-state index is 0.00278. The standard InChI is InChI=1S/C13H25N3O/c1-10(13(17)14-2)16(8-11-5-6-11)9-12-4-3-7-15-12/h10-12,15H,3-9H2,1-2H3,(H,14,17). The Balaban J connectivity index is 1.88. The maximum atomic E-state index is 11.8. The van der Waals surface area contributed by atoms with E-state index >= 15 is 0 Å². The third-order valence-electron chi connectivity index (χ3n) is 3.98. The Labute approximate surface area is 104 Å². The van der Waals surface area contributed by atoms with E-state index in [4.69, 9.17) is 0 Å². The van der Waals surface area contributed by atoms with Crippen LogP contribution < -0.4 is 10.6 Å². The van der Waals surface area contributed by atoms with E-state index in [1.165, 1.54) is 25.7 Å². The van der Waals surface area contributed by atoms with E-state index in [1.54, 1.807) is 7.05 Å². The average Bonchev–Trinajstić information content (AvgIpc) is 3.00. The van der Waals surface area contributed by atoms with Crippen molar-refractivity contribution in [1.29, 1.82) is 0 Å². The Morgan fingerprint density at radius 3 is 2.71 bits per heavy atom. The smallest absolute Gasteiger partial charge is 0.236 e. The second kappa shape index (κ2) is 5.83. The Morgan fingerprint density at radius 2 is 2.18 bits per heavy atom. The first-order valence-corrected chi connectivity index (χ1v) is 6.89. The predicted molar refractivity (Wildman–Crippen MR) is 68.9 cm³/mol. The number of amides is 1. The fourth-order valence-electron chi connectivity index (χ4n) is 2.59. The molecule has 0 aromatic heterocycles. The Kier molecular flexibility index (Phi) is 4.40. The molecule has 2 N–H and O–H groups in total. The molecule has 1 saturated carbocycles. The van der Waals surface area contributed by atoms with Gasteiger partial charge in [-0.3, -0.25) is 9.69 Å². The quantitative estimate of drug-likeness (QED) is 0.713. The van der Waals surface area contributed by atoms with E-state index in [9.17, 15) is 4.79 Å². The van der Waals surface area contributed by atoms with Crippen molar-refractivity contribution in [2.24, 2.45) is 5.92 Å². The molecule has 2 unspecified atom stereocenters. The van der Waals surface area contributed by atoms with E-state index in [0.29, 0.717) is 6.04 Å². The van der Waals surface area contributed by atoms with Gasteiger partial charge < -0.3 is 10.6 Å². The molecule has 0 spiro atoms. The van der Waals surface area contributed by atoms with Crippen LogP contribution in [-0.4, -0.2) is 49.6 Å². The van der Waals surface area contributed by atoms with E-state index in [2.05, 4.69) is 15.5 Å². The predicted octanol–water partition coefficient (Wildman–Crippen LogP) is 0.585. The summed E-state index contributed by atoms with van der Waals surface area (Å²) in [4.78, 5) is 14.1. The van der Waals surface area contributed by atoms with Crippen molar-refractivity contribution in [3.8, 4) is 0 Å². The van der Waals surface area contributed by atoms with Crippen molar-refractivity contribution in [2.75, 3.05) is 26.7 Å². The zero-order valence-electron chi connectivity index (χ0n) is 11.0. The van der Waals surface area contributed by atoms with E-state index < -0.39 is 0 Å². The fourth-order valence-corrected chi connectivity index (χ4v) is 2.59. The molecule has 0 aromatic carbocycles. The number of carbonyl (C=O) groups excluding carboxylic acids is 1. The molecule has 1 aliphatic carbocycles. The molecule has 1 saturated heterocycles. The number of carbonyl (C=O) groups is 1. The Morgan fingerprint density at radius 1 is 1.41 bits per heavy atom. The Bertz CT molecular complexity index is 259. The monoisotopic (exact) mass is 239 g/mol. The fraction of sp³-hybridized carbons (Fsp3) is 0.923. The zero-order chi connectivity index (χ0) is 12.3. The third-order valence-corrected chi connectivity index (χ3v) is 3.98. The number of hydrogen-bond donors (Lipinski definition) is 2. The van der Waals surface area contributed by atoms with Gasteiger partial charge >= 0.3 is 0 Å². The largest absolute Gasteiger partial charge is 0.358 e. The summed E-state index contributed by atoms with van der Waals surface area (Å²) in [6.45, 7) is 5.27. The molecule has 1 aliphatic heterocycles. The van der Waals surface area contributed by atoms with Crippen LogP contribution in [0.15, 0.2) is 0 Å². The van der Waals surface area contributed by atoms with Crippen molar-refractivity contribution in [2.45, 2.75) is 44.7 Å². The van der Waals surface area contributed by atoms with Gasteiger partial charge in [0.1, 0.15) is 0 Å². The highest BCUT2D eigenvalue weighted by Gasteiger charge is 2.30. The van der Waals surface area contributed by atoms with Crippen molar-refractivity contribution in [3.05, 3.63) is 0 Å². The lowest BCUT2D eigenvalue weighted by Crippen LogP contribution is -2.49. The summed E-state index contributed by atoms with van der Waals surface area (Å²) in [5, 5.41) is 6.28. The first-order chi connectivity index (χ1) is 8.20. The lowest BCUT2D eigenvalue weighted by molar-refractivity contribution is -0.125. The van der Waals surface area contributed by atoms with Gasteiger partial charge in [0.25, 0.3) is 0 Å². The summed E-state index contributed by atoms with van der Waals surface area (Å²) in [5.41, 5.74) is 0. The van der Waals surface area contributed by atoms with Crippen LogP contribution in [0, 0.1) is 5.92 Å². The van der Waals surface area contributed by atoms with Gasteiger partial charge in [-0.1, -0.05) is 0 Å². The molecule has 2 atom stereocenters. The van der Waals surface area contributed by atoms with Crippen LogP contribution in [0.5, 0.6) is 0 Å². The van der Waals surface area contributed by atoms with Crippen LogP contribution in [-0.2, 0) is 4.79 Å². The molecule has 17 heavy (non-hydrogen) atoms. The second-order valence-corrected chi connectivity index (χ2v) is 5.48. The highest BCUT2D eigenvalue weighted by atomic mass is 16.2. The maximum Gasteiger partial charge on any atom is 0.236 e. The minimum absolute atomic E-state index is 0.00278. The number of likely N-dealkylation sites (N-methyl/N-ethyl adjacent to an activating group) is 1. The first kappa shape index (κ1) is 12.8. The summed E-state index contributed by atoms with van der Waals surface area (Å²) in [6, 6.07) is 0.587. The summed E-state index contributed by atoms with van der Waals surface area (Å²) < 4.78 is 0. The van der Waals surface area contributed by atoms with Crippen LogP contribution in [0.4, 0.5) is 0 Å². The minimum Gasteiger partial charge on any atom is -0.358 e. The van der Waals surface area contributed by atoms with Gasteiger partial charge in [0.2, 0.25) is 5.91 Å². The van der Waals surface area contributed by atoms with Crippen LogP contribution in [0.3, 0.4) is 0 Å². The normalized spacial score (nSPS) is 26.2. The maximum absolute atomic E-state index is 11.8. The van der Waals surface area contributed by atoms with Crippen LogP contribution in [0.25, 0.3) is 0 Å². The highest BCUT2D eigenvalue weighted by Crippen LogP contribution is 2.30. The summed E-state index contributed by atoms with van der Waals surface area (Å²) in [6.07, 6.45) is 5.21. The molecule has 0 bridgehead atoms. The van der Waals surface area contributed by atoms with Gasteiger partial charge in [0, 0.05) is 26.2 Å². The average molecular weight is 239 g/mol. The first-order valence-electron chi connectivity index (χ1n) is 6.89. The molecule has 2 fully saturated rings. The molecule has 2 aliphatic rings. The number of rotatable bonds is 6. The topological polar surface area (TPSA) is 44.4 Å². The number of hydrogen-bond acceptors (Lipinski definition) is 3. The molecule has 4 heteroatoms. The number of nitrogens with zero attached hydrogens (tertiary/aromatic N) is 1. The Hall–Kier alpha value is -0.610. The van der Waals surface area contributed by atoms with Crippen molar-refractivity contribution in [1.82, 2.24) is 15.5 Å². The molecule has 0 aromatic rings. The van der Waals surface area contributed by atoms with Gasteiger partial charge in [-0.05, 0) is 45.1 Å². The molecular weight excluding hydrogens is 214 g/mol. The molecular formula is C13H25N3O. The van der Waals surface area contributed by atoms with Crippen LogP contribution in [0.1, 0.15) is 32.6 Å².